The molecule has 3 aromatic rings. The number of aldehydes is 1. The molecule has 0 aliphatic heterocycles. The Balaban J connectivity index is 2.56. The third-order valence-electron chi connectivity index (χ3n) is 2.65. The zero-order chi connectivity index (χ0) is 11.1. The van der Waals surface area contributed by atoms with Crippen molar-refractivity contribution in [3.05, 3.63) is 35.2 Å². The lowest BCUT2D eigenvalue weighted by atomic mass is 10.0. The van der Waals surface area contributed by atoms with Crippen LogP contribution < -0.4 is 0 Å². The van der Waals surface area contributed by atoms with Crippen LogP contribution in [0.4, 0.5) is 0 Å². The van der Waals surface area contributed by atoms with Gasteiger partial charge in [0.25, 0.3) is 0 Å². The standard InChI is InChI=1S/C12H7ClO3/c13-10-9-3-6-15-11(9)7(1-4-14)8-2-5-16-12(8)10/h2-6H,1H2. The average Bonchev–Trinajstić information content (AvgIpc) is 2.92. The van der Waals surface area contributed by atoms with Gasteiger partial charge in [-0.3, -0.25) is 0 Å². The van der Waals surface area contributed by atoms with Crippen LogP contribution in [0.3, 0.4) is 0 Å². The molecule has 3 nitrogen and oxygen atoms in total. The molecule has 3 rings (SSSR count). The predicted octanol–water partition coefficient (Wildman–Crippen LogP) is 3.57. The average molecular weight is 235 g/mol. The highest BCUT2D eigenvalue weighted by molar-refractivity contribution is 6.40. The summed E-state index contributed by atoms with van der Waals surface area (Å²) >= 11 is 6.19. The summed E-state index contributed by atoms with van der Waals surface area (Å²) in [7, 11) is 0. The fourth-order valence-corrected chi connectivity index (χ4v) is 2.26. The quantitative estimate of drug-likeness (QED) is 0.637. The molecule has 1 aromatic carbocycles. The van der Waals surface area contributed by atoms with E-state index in [0.717, 1.165) is 22.6 Å². The van der Waals surface area contributed by atoms with Crippen LogP contribution >= 0.6 is 11.6 Å². The zero-order valence-corrected chi connectivity index (χ0v) is 8.95. The Hall–Kier alpha value is -1.74. The fraction of sp³-hybridized carbons (Fsp3) is 0.0833. The van der Waals surface area contributed by atoms with E-state index in [1.807, 2.05) is 0 Å². The molecule has 16 heavy (non-hydrogen) atoms. The van der Waals surface area contributed by atoms with Crippen molar-refractivity contribution in [3.63, 3.8) is 0 Å². The van der Waals surface area contributed by atoms with Gasteiger partial charge in [0.1, 0.15) is 11.9 Å². The van der Waals surface area contributed by atoms with Gasteiger partial charge < -0.3 is 13.6 Å². The first kappa shape index (κ1) is 9.48. The van der Waals surface area contributed by atoms with Crippen molar-refractivity contribution in [2.45, 2.75) is 6.42 Å². The maximum atomic E-state index is 10.7. The number of rotatable bonds is 2. The number of hydrogen-bond donors (Lipinski definition) is 0. The largest absolute Gasteiger partial charge is 0.464 e. The van der Waals surface area contributed by atoms with E-state index in [-0.39, 0.29) is 6.42 Å². The summed E-state index contributed by atoms with van der Waals surface area (Å²) < 4.78 is 10.7. The molecule has 4 heteroatoms. The molecule has 80 valence electrons. The zero-order valence-electron chi connectivity index (χ0n) is 8.20. The molecule has 0 N–H and O–H groups in total. The first-order valence-corrected chi connectivity index (χ1v) is 5.19. The van der Waals surface area contributed by atoms with Gasteiger partial charge in [0.15, 0.2) is 5.58 Å². The molecular weight excluding hydrogens is 228 g/mol. The highest BCUT2D eigenvalue weighted by atomic mass is 35.5. The highest BCUT2D eigenvalue weighted by Crippen LogP contribution is 2.37. The van der Waals surface area contributed by atoms with E-state index in [2.05, 4.69) is 0 Å². The first-order valence-electron chi connectivity index (χ1n) is 4.81. The third-order valence-corrected chi connectivity index (χ3v) is 3.03. The summed E-state index contributed by atoms with van der Waals surface area (Å²) in [4.78, 5) is 10.7. The van der Waals surface area contributed by atoms with E-state index in [1.165, 1.54) is 0 Å². The van der Waals surface area contributed by atoms with Crippen molar-refractivity contribution in [2.24, 2.45) is 0 Å². The van der Waals surface area contributed by atoms with Crippen molar-refractivity contribution in [1.29, 1.82) is 0 Å². The Morgan fingerprint density at radius 3 is 2.56 bits per heavy atom. The summed E-state index contributed by atoms with van der Waals surface area (Å²) in [5.74, 6) is 0. The van der Waals surface area contributed by atoms with Gasteiger partial charge in [-0.05, 0) is 12.1 Å². The van der Waals surface area contributed by atoms with Crippen molar-refractivity contribution in [2.75, 3.05) is 0 Å². The molecule has 0 saturated carbocycles. The number of benzene rings is 1. The second-order valence-corrected chi connectivity index (χ2v) is 3.87. The lowest BCUT2D eigenvalue weighted by Gasteiger charge is -2.02. The van der Waals surface area contributed by atoms with E-state index in [4.69, 9.17) is 20.4 Å². The Bertz CT molecular complexity index is 626. The molecule has 0 amide bonds. The lowest BCUT2D eigenvalue weighted by molar-refractivity contribution is -0.107. The minimum Gasteiger partial charge on any atom is -0.464 e. The van der Waals surface area contributed by atoms with E-state index in [0.29, 0.717) is 16.2 Å². The second kappa shape index (κ2) is 3.39. The van der Waals surface area contributed by atoms with Crippen LogP contribution in [0.5, 0.6) is 0 Å². The van der Waals surface area contributed by atoms with E-state index in [9.17, 15) is 4.79 Å². The van der Waals surface area contributed by atoms with Gasteiger partial charge in [-0.25, -0.2) is 0 Å². The topological polar surface area (TPSA) is 43.4 Å². The predicted molar refractivity (Wildman–Crippen MR) is 60.8 cm³/mol. The van der Waals surface area contributed by atoms with Gasteiger partial charge in [0.05, 0.1) is 17.5 Å². The van der Waals surface area contributed by atoms with Crippen LogP contribution in [0.15, 0.2) is 33.5 Å². The van der Waals surface area contributed by atoms with Crippen LogP contribution in [0.1, 0.15) is 5.56 Å². The summed E-state index contributed by atoms with van der Waals surface area (Å²) in [6, 6.07) is 3.57. The number of furan rings is 2. The van der Waals surface area contributed by atoms with Crippen molar-refractivity contribution >= 4 is 39.8 Å². The molecule has 0 spiro atoms. The summed E-state index contributed by atoms with van der Waals surface area (Å²) in [5, 5.41) is 2.14. The molecule has 2 heterocycles. The minimum absolute atomic E-state index is 0.289. The van der Waals surface area contributed by atoms with E-state index >= 15 is 0 Å². The van der Waals surface area contributed by atoms with Gasteiger partial charge in [0.2, 0.25) is 0 Å². The van der Waals surface area contributed by atoms with Gasteiger partial charge in [-0.15, -0.1) is 0 Å². The van der Waals surface area contributed by atoms with Crippen LogP contribution in [0.25, 0.3) is 21.9 Å². The minimum atomic E-state index is 0.289. The Morgan fingerprint density at radius 2 is 1.81 bits per heavy atom. The van der Waals surface area contributed by atoms with Crippen LogP contribution in [0.2, 0.25) is 5.02 Å². The van der Waals surface area contributed by atoms with Crippen molar-refractivity contribution in [1.82, 2.24) is 0 Å². The smallest absolute Gasteiger partial charge is 0.153 e. The van der Waals surface area contributed by atoms with Crippen molar-refractivity contribution < 1.29 is 13.6 Å². The second-order valence-electron chi connectivity index (χ2n) is 3.49. The number of halogens is 1. The van der Waals surface area contributed by atoms with Gasteiger partial charge in [-0.1, -0.05) is 11.6 Å². The SMILES string of the molecule is O=CCc1c2ccoc2c(Cl)c2ccoc12. The molecule has 0 aliphatic carbocycles. The summed E-state index contributed by atoms with van der Waals surface area (Å²) in [6.45, 7) is 0. The Labute approximate surface area is 95.6 Å². The lowest BCUT2D eigenvalue weighted by Crippen LogP contribution is -1.88. The number of carbonyl (C=O) groups excluding carboxylic acids is 1. The maximum Gasteiger partial charge on any atom is 0.153 e. The maximum absolute atomic E-state index is 10.7. The van der Waals surface area contributed by atoms with Crippen LogP contribution in [-0.4, -0.2) is 6.29 Å². The third kappa shape index (κ3) is 1.12. The van der Waals surface area contributed by atoms with Gasteiger partial charge in [0, 0.05) is 22.8 Å². The van der Waals surface area contributed by atoms with Gasteiger partial charge in [-0.2, -0.15) is 0 Å². The Morgan fingerprint density at radius 1 is 1.12 bits per heavy atom. The molecule has 0 fully saturated rings. The van der Waals surface area contributed by atoms with Crippen LogP contribution in [0, 0.1) is 0 Å². The molecule has 2 aromatic heterocycles. The van der Waals surface area contributed by atoms with Crippen LogP contribution in [-0.2, 0) is 11.2 Å². The Kier molecular flexibility index (Phi) is 2.01. The number of fused-ring (bicyclic) bond motifs is 2. The molecule has 0 atom stereocenters. The molecule has 0 bridgehead atoms. The summed E-state index contributed by atoms with van der Waals surface area (Å²) in [5.41, 5.74) is 2.08. The normalized spacial score (nSPS) is 11.3. The number of carbonyl (C=O) groups is 1. The highest BCUT2D eigenvalue weighted by Gasteiger charge is 2.16. The molecule has 0 radical (unpaired) electrons. The summed E-state index contributed by atoms with van der Waals surface area (Å²) in [6.07, 6.45) is 4.25. The molecular formula is C12H7ClO3. The molecule has 0 aliphatic rings. The monoisotopic (exact) mass is 234 g/mol. The fourth-order valence-electron chi connectivity index (χ4n) is 1.96. The van der Waals surface area contributed by atoms with E-state index < -0.39 is 0 Å². The van der Waals surface area contributed by atoms with E-state index in [1.54, 1.807) is 24.7 Å². The van der Waals surface area contributed by atoms with Crippen molar-refractivity contribution in [3.8, 4) is 0 Å². The molecule has 0 saturated heterocycles. The molecule has 0 unspecified atom stereocenters. The number of hydrogen-bond acceptors (Lipinski definition) is 3. The first-order chi connectivity index (χ1) is 7.83. The van der Waals surface area contributed by atoms with Gasteiger partial charge >= 0.3 is 0 Å².